The number of nitrogens with one attached hydrogen (secondary N) is 2. The number of H-pyrrole nitrogens is 1. The van der Waals surface area contributed by atoms with Gasteiger partial charge in [-0.3, -0.25) is 15.2 Å². The van der Waals surface area contributed by atoms with E-state index < -0.39 is 11.7 Å². The molecule has 0 fully saturated rings. The monoisotopic (exact) mass is 519 g/mol. The van der Waals surface area contributed by atoms with E-state index in [-0.39, 0.29) is 17.7 Å². The molecule has 0 amide bonds. The minimum Gasteiger partial charge on any atom is -0.497 e. The van der Waals surface area contributed by atoms with Gasteiger partial charge < -0.3 is 20.3 Å². The average molecular weight is 520 g/mol. The van der Waals surface area contributed by atoms with E-state index >= 15 is 0 Å². The molecule has 12 heteroatoms. The maximum atomic E-state index is 12.7. The molecule has 198 valence electrons. The molecule has 0 radical (unpaired) electrons. The zero-order valence-corrected chi connectivity index (χ0v) is 21.2. The van der Waals surface area contributed by atoms with Crippen LogP contribution in [0, 0.1) is 5.41 Å². The molecule has 4 rings (SSSR count). The number of carboxylic acids is 1. The Balaban J connectivity index is 0.000000934. The van der Waals surface area contributed by atoms with Crippen LogP contribution in [0.5, 0.6) is 5.75 Å². The molecular formula is C26H29N7O5. The second-order valence-electron chi connectivity index (χ2n) is 8.21. The summed E-state index contributed by atoms with van der Waals surface area (Å²) >= 11 is 0. The zero-order valence-electron chi connectivity index (χ0n) is 21.2. The van der Waals surface area contributed by atoms with Crippen molar-refractivity contribution in [2.45, 2.75) is 25.9 Å². The Kier molecular flexibility index (Phi) is 9.43. The Labute approximate surface area is 218 Å². The van der Waals surface area contributed by atoms with Crippen molar-refractivity contribution < 1.29 is 19.4 Å². The summed E-state index contributed by atoms with van der Waals surface area (Å²) in [6.07, 6.45) is 3.63. The van der Waals surface area contributed by atoms with Crippen LogP contribution in [-0.4, -0.2) is 55.9 Å². The van der Waals surface area contributed by atoms with Gasteiger partial charge in [0.05, 0.1) is 13.7 Å². The van der Waals surface area contributed by atoms with Gasteiger partial charge in [-0.2, -0.15) is 0 Å². The molecule has 12 nitrogen and oxygen atoms in total. The number of aliphatic carboxylic acids is 1. The standard InChI is InChI=1S/C24H25N7O3.C2H4O2/c1-33-14-16-10-18(13-19(11-16)34-2)20(12-15-4-6-17(7-5-15)21(25)26)22-29-24(32)31(30-22)23-27-8-3-9-28-23;1-2(3)4/h3-11,13,20H,12,14H2,1-2H3,(H3,25,26)(H,29,30,32);1H3,(H,3,4). The first kappa shape index (κ1) is 27.7. The molecule has 1 unspecified atom stereocenters. The highest BCUT2D eigenvalue weighted by Crippen LogP contribution is 2.30. The zero-order chi connectivity index (χ0) is 27.7. The van der Waals surface area contributed by atoms with E-state index in [9.17, 15) is 4.79 Å². The number of nitrogens with two attached hydrogens (primary N) is 1. The summed E-state index contributed by atoms with van der Waals surface area (Å²) in [4.78, 5) is 32.9. The fourth-order valence-electron chi connectivity index (χ4n) is 3.72. The number of aromatic nitrogens is 5. The second-order valence-corrected chi connectivity index (χ2v) is 8.21. The summed E-state index contributed by atoms with van der Waals surface area (Å²) in [6, 6.07) is 14.9. The van der Waals surface area contributed by atoms with Crippen molar-refractivity contribution in [1.29, 1.82) is 5.41 Å². The predicted octanol–water partition coefficient (Wildman–Crippen LogP) is 2.26. The largest absolute Gasteiger partial charge is 0.497 e. The molecule has 2 aromatic heterocycles. The van der Waals surface area contributed by atoms with Crippen LogP contribution in [0.15, 0.2) is 65.7 Å². The number of benzene rings is 2. The predicted molar refractivity (Wildman–Crippen MR) is 140 cm³/mol. The number of carboxylic acid groups (broad SMARTS) is 1. The summed E-state index contributed by atoms with van der Waals surface area (Å²) in [5.41, 5.74) is 8.62. The highest BCUT2D eigenvalue weighted by Gasteiger charge is 2.23. The number of rotatable bonds is 9. The molecular weight excluding hydrogens is 490 g/mol. The van der Waals surface area contributed by atoms with Crippen LogP contribution in [0.2, 0.25) is 0 Å². The molecule has 1 atom stereocenters. The lowest BCUT2D eigenvalue weighted by Crippen LogP contribution is -2.18. The number of hydrogen-bond acceptors (Lipinski definition) is 8. The molecule has 0 aliphatic carbocycles. The Bertz CT molecular complexity index is 1430. The quantitative estimate of drug-likeness (QED) is 0.190. The number of methoxy groups -OCH3 is 2. The Hall–Kier alpha value is -4.84. The lowest BCUT2D eigenvalue weighted by molar-refractivity contribution is -0.134. The highest BCUT2D eigenvalue weighted by atomic mass is 16.5. The molecule has 0 bridgehead atoms. The van der Waals surface area contributed by atoms with Crippen molar-refractivity contribution in [3.8, 4) is 11.7 Å². The topological polar surface area (TPSA) is 182 Å². The Morgan fingerprint density at radius 1 is 1.13 bits per heavy atom. The minimum atomic E-state index is -0.833. The fourth-order valence-corrected chi connectivity index (χ4v) is 3.72. The number of nitrogen functional groups attached to an aromatic ring is 1. The Morgan fingerprint density at radius 3 is 2.37 bits per heavy atom. The van der Waals surface area contributed by atoms with Gasteiger partial charge in [0, 0.05) is 37.9 Å². The summed E-state index contributed by atoms with van der Waals surface area (Å²) in [7, 11) is 3.24. The van der Waals surface area contributed by atoms with Crippen molar-refractivity contribution in [3.05, 3.63) is 99.5 Å². The average Bonchev–Trinajstić information content (AvgIpc) is 3.28. The van der Waals surface area contributed by atoms with Crippen LogP contribution in [0.4, 0.5) is 0 Å². The summed E-state index contributed by atoms with van der Waals surface area (Å²) in [5, 5.41) is 19.6. The van der Waals surface area contributed by atoms with Crippen LogP contribution in [0.3, 0.4) is 0 Å². The first-order valence-electron chi connectivity index (χ1n) is 11.5. The van der Waals surface area contributed by atoms with Crippen molar-refractivity contribution in [2.24, 2.45) is 5.73 Å². The summed E-state index contributed by atoms with van der Waals surface area (Å²) in [5.74, 6) is 0.183. The number of hydrogen-bond donors (Lipinski definition) is 4. The smallest absolute Gasteiger partial charge is 0.350 e. The van der Waals surface area contributed by atoms with E-state index in [0.717, 1.165) is 28.3 Å². The number of amidine groups is 1. The first-order chi connectivity index (χ1) is 18.2. The molecule has 0 saturated carbocycles. The molecule has 4 aromatic rings. The SMILES string of the molecule is CC(=O)O.COCc1cc(OC)cc(C(Cc2ccc(C(=N)N)cc2)c2nn(-c3ncccn3)c(=O)[nH]2)c1. The molecule has 38 heavy (non-hydrogen) atoms. The van der Waals surface area contributed by atoms with Crippen molar-refractivity contribution >= 4 is 11.8 Å². The van der Waals surface area contributed by atoms with Gasteiger partial charge in [0.25, 0.3) is 11.9 Å². The third kappa shape index (κ3) is 7.34. The van der Waals surface area contributed by atoms with Crippen LogP contribution in [0.1, 0.15) is 40.9 Å². The highest BCUT2D eigenvalue weighted by molar-refractivity contribution is 5.94. The van der Waals surface area contributed by atoms with E-state index in [1.807, 2.05) is 30.3 Å². The van der Waals surface area contributed by atoms with Crippen molar-refractivity contribution in [3.63, 3.8) is 0 Å². The molecule has 0 aliphatic heterocycles. The van der Waals surface area contributed by atoms with E-state index in [0.29, 0.717) is 30.2 Å². The summed E-state index contributed by atoms with van der Waals surface area (Å²) in [6.45, 7) is 1.49. The summed E-state index contributed by atoms with van der Waals surface area (Å²) < 4.78 is 12.0. The van der Waals surface area contributed by atoms with Gasteiger partial charge in [-0.15, -0.1) is 9.78 Å². The van der Waals surface area contributed by atoms with Crippen LogP contribution < -0.4 is 16.2 Å². The first-order valence-corrected chi connectivity index (χ1v) is 11.5. The third-order valence-corrected chi connectivity index (χ3v) is 5.35. The van der Waals surface area contributed by atoms with Gasteiger partial charge in [-0.05, 0) is 41.3 Å². The van der Waals surface area contributed by atoms with Gasteiger partial charge in [0.2, 0.25) is 0 Å². The van der Waals surface area contributed by atoms with E-state index in [1.165, 1.54) is 0 Å². The van der Waals surface area contributed by atoms with Crippen LogP contribution >= 0.6 is 0 Å². The molecule has 0 aliphatic rings. The van der Waals surface area contributed by atoms with E-state index in [2.05, 4.69) is 20.1 Å². The van der Waals surface area contributed by atoms with Gasteiger partial charge >= 0.3 is 5.69 Å². The second kappa shape index (κ2) is 12.9. The normalized spacial score (nSPS) is 11.2. The number of ether oxygens (including phenoxy) is 2. The molecule has 2 heterocycles. The van der Waals surface area contributed by atoms with Crippen molar-refractivity contribution in [2.75, 3.05) is 14.2 Å². The minimum absolute atomic E-state index is 0.00559. The van der Waals surface area contributed by atoms with Crippen LogP contribution in [-0.2, 0) is 22.6 Å². The van der Waals surface area contributed by atoms with Crippen molar-refractivity contribution in [1.82, 2.24) is 24.7 Å². The third-order valence-electron chi connectivity index (χ3n) is 5.35. The number of nitrogens with zero attached hydrogens (tertiary/aromatic N) is 4. The number of carbonyl (C=O) groups is 1. The maximum Gasteiger partial charge on any atom is 0.350 e. The maximum absolute atomic E-state index is 12.7. The van der Waals surface area contributed by atoms with Gasteiger partial charge in [-0.25, -0.2) is 14.8 Å². The molecule has 2 aromatic carbocycles. The van der Waals surface area contributed by atoms with Crippen LogP contribution in [0.25, 0.3) is 5.95 Å². The number of aromatic amines is 1. The van der Waals surface area contributed by atoms with Gasteiger partial charge in [-0.1, -0.05) is 30.3 Å². The van der Waals surface area contributed by atoms with E-state index in [4.69, 9.17) is 30.5 Å². The molecule has 0 saturated heterocycles. The van der Waals surface area contributed by atoms with E-state index in [1.54, 1.807) is 44.8 Å². The fraction of sp³-hybridized carbons (Fsp3) is 0.231. The van der Waals surface area contributed by atoms with Gasteiger partial charge in [0.15, 0.2) is 0 Å². The van der Waals surface area contributed by atoms with Gasteiger partial charge in [0.1, 0.15) is 17.4 Å². The molecule has 5 N–H and O–H groups in total. The Morgan fingerprint density at radius 2 is 1.79 bits per heavy atom. The lowest BCUT2D eigenvalue weighted by atomic mass is 9.89. The lowest BCUT2D eigenvalue weighted by Gasteiger charge is -2.18. The molecule has 0 spiro atoms.